The van der Waals surface area contributed by atoms with Gasteiger partial charge in [0.05, 0.1) is 18.0 Å². The Hall–Kier alpha value is -1.25. The molecule has 16 heavy (non-hydrogen) atoms. The summed E-state index contributed by atoms with van der Waals surface area (Å²) < 4.78 is 11.5. The topological polar surface area (TPSA) is 31.4 Å². The molecule has 0 unspecified atom stereocenters. The first kappa shape index (κ1) is 11.2. The number of aromatic nitrogens is 1. The molecule has 0 N–H and O–H groups in total. The molecule has 0 amide bonds. The highest BCUT2D eigenvalue weighted by Gasteiger charge is 2.24. The smallest absolute Gasteiger partial charge is 0.144 e. The third-order valence-corrected chi connectivity index (χ3v) is 2.26. The molecule has 0 aromatic carbocycles. The molecule has 1 fully saturated rings. The van der Waals surface area contributed by atoms with Gasteiger partial charge < -0.3 is 9.47 Å². The van der Waals surface area contributed by atoms with E-state index in [0.717, 1.165) is 30.0 Å². The van der Waals surface area contributed by atoms with Crippen LogP contribution in [0, 0.1) is 6.92 Å². The first-order valence-electron chi connectivity index (χ1n) is 5.76. The summed E-state index contributed by atoms with van der Waals surface area (Å²) in [6.45, 7) is 8.03. The maximum absolute atomic E-state index is 5.83. The van der Waals surface area contributed by atoms with Gasteiger partial charge in [-0.1, -0.05) is 0 Å². The van der Waals surface area contributed by atoms with Gasteiger partial charge >= 0.3 is 0 Å². The zero-order valence-electron chi connectivity index (χ0n) is 10.4. The van der Waals surface area contributed by atoms with Crippen LogP contribution in [0.25, 0.3) is 0 Å². The van der Waals surface area contributed by atoms with E-state index in [2.05, 4.69) is 4.98 Å². The Kier molecular flexibility index (Phi) is 2.78. The lowest BCUT2D eigenvalue weighted by Gasteiger charge is -2.22. The third kappa shape index (κ3) is 3.12. The van der Waals surface area contributed by atoms with E-state index in [1.807, 2.05) is 33.8 Å². The summed E-state index contributed by atoms with van der Waals surface area (Å²) >= 11 is 0. The molecule has 2 rings (SSSR count). The molecule has 0 atom stereocenters. The van der Waals surface area contributed by atoms with Crippen LogP contribution in [0.4, 0.5) is 0 Å². The van der Waals surface area contributed by atoms with Crippen molar-refractivity contribution in [1.29, 1.82) is 0 Å². The summed E-state index contributed by atoms with van der Waals surface area (Å²) in [6.07, 6.45) is 4.47. The lowest BCUT2D eigenvalue weighted by molar-refractivity contribution is 0.128. The Balaban J connectivity index is 2.14. The molecule has 0 bridgehead atoms. The van der Waals surface area contributed by atoms with Gasteiger partial charge in [-0.2, -0.15) is 0 Å². The Labute approximate surface area is 96.8 Å². The summed E-state index contributed by atoms with van der Waals surface area (Å²) in [5.41, 5.74) is 0.697. The summed E-state index contributed by atoms with van der Waals surface area (Å²) in [4.78, 5) is 4.29. The van der Waals surface area contributed by atoms with Gasteiger partial charge in [-0.25, -0.2) is 0 Å². The van der Waals surface area contributed by atoms with Crippen molar-refractivity contribution in [3.8, 4) is 11.5 Å². The van der Waals surface area contributed by atoms with Gasteiger partial charge in [0.15, 0.2) is 0 Å². The minimum Gasteiger partial charge on any atom is -0.489 e. The largest absolute Gasteiger partial charge is 0.489 e. The summed E-state index contributed by atoms with van der Waals surface area (Å²) in [7, 11) is 0. The Morgan fingerprint density at radius 1 is 1.31 bits per heavy atom. The Morgan fingerprint density at radius 2 is 2.00 bits per heavy atom. The molecule has 1 aliphatic carbocycles. The van der Waals surface area contributed by atoms with Gasteiger partial charge in [0.2, 0.25) is 0 Å². The molecule has 1 aromatic heterocycles. The number of hydrogen-bond acceptors (Lipinski definition) is 3. The molecule has 3 heteroatoms. The van der Waals surface area contributed by atoms with Gasteiger partial charge in [-0.3, -0.25) is 4.98 Å². The average molecular weight is 221 g/mol. The molecular weight excluding hydrogens is 202 g/mol. The average Bonchev–Trinajstić information content (AvgIpc) is 2.92. The maximum Gasteiger partial charge on any atom is 0.144 e. The molecular formula is C13H19NO2. The fourth-order valence-electron chi connectivity index (χ4n) is 1.37. The molecule has 0 spiro atoms. The number of pyridine rings is 1. The van der Waals surface area contributed by atoms with E-state index in [9.17, 15) is 0 Å². The maximum atomic E-state index is 5.83. The van der Waals surface area contributed by atoms with Crippen LogP contribution in [-0.4, -0.2) is 16.7 Å². The number of nitrogens with zero attached hydrogens (tertiary/aromatic N) is 1. The number of ether oxygens (including phenoxy) is 2. The van der Waals surface area contributed by atoms with Crippen LogP contribution in [0.2, 0.25) is 0 Å². The van der Waals surface area contributed by atoms with Crippen LogP contribution >= 0.6 is 0 Å². The molecule has 0 saturated heterocycles. The molecule has 1 heterocycles. The fraction of sp³-hybridized carbons (Fsp3) is 0.615. The van der Waals surface area contributed by atoms with E-state index in [0.29, 0.717) is 6.10 Å². The van der Waals surface area contributed by atoms with Crippen molar-refractivity contribution in [2.45, 2.75) is 52.2 Å². The summed E-state index contributed by atoms with van der Waals surface area (Å²) in [6, 6.07) is 1.94. The minimum absolute atomic E-state index is 0.204. The van der Waals surface area contributed by atoms with Crippen LogP contribution < -0.4 is 9.47 Å². The highest BCUT2D eigenvalue weighted by molar-refractivity contribution is 5.35. The van der Waals surface area contributed by atoms with Crippen molar-refractivity contribution < 1.29 is 9.47 Å². The van der Waals surface area contributed by atoms with Crippen molar-refractivity contribution in [3.63, 3.8) is 0 Å². The van der Waals surface area contributed by atoms with Crippen molar-refractivity contribution in [1.82, 2.24) is 4.98 Å². The second-order valence-corrected chi connectivity index (χ2v) is 5.29. The lowest BCUT2D eigenvalue weighted by Crippen LogP contribution is -2.23. The molecule has 0 radical (unpaired) electrons. The molecule has 1 aliphatic rings. The van der Waals surface area contributed by atoms with Crippen LogP contribution in [0.3, 0.4) is 0 Å². The molecule has 1 aromatic rings. The SMILES string of the molecule is Cc1ncc(OC2CC2)cc1OC(C)(C)C. The Bertz CT molecular complexity index is 378. The lowest BCUT2D eigenvalue weighted by atomic mass is 10.2. The monoisotopic (exact) mass is 221 g/mol. The molecule has 1 saturated carbocycles. The van der Waals surface area contributed by atoms with Gasteiger partial charge in [0.1, 0.15) is 17.1 Å². The normalized spacial score (nSPS) is 16.0. The van der Waals surface area contributed by atoms with Crippen LogP contribution in [0.5, 0.6) is 11.5 Å². The van der Waals surface area contributed by atoms with E-state index >= 15 is 0 Å². The first-order chi connectivity index (χ1) is 7.44. The second-order valence-electron chi connectivity index (χ2n) is 5.29. The Morgan fingerprint density at radius 3 is 2.56 bits per heavy atom. The second kappa shape index (κ2) is 3.96. The predicted octanol–water partition coefficient (Wildman–Crippen LogP) is 3.11. The van der Waals surface area contributed by atoms with E-state index in [1.54, 1.807) is 6.20 Å². The van der Waals surface area contributed by atoms with E-state index in [4.69, 9.17) is 9.47 Å². The quantitative estimate of drug-likeness (QED) is 0.786. The van der Waals surface area contributed by atoms with Crippen LogP contribution in [-0.2, 0) is 0 Å². The molecule has 88 valence electrons. The first-order valence-corrected chi connectivity index (χ1v) is 5.76. The minimum atomic E-state index is -0.204. The highest BCUT2D eigenvalue weighted by atomic mass is 16.5. The van der Waals surface area contributed by atoms with E-state index < -0.39 is 0 Å². The van der Waals surface area contributed by atoms with Crippen molar-refractivity contribution in [3.05, 3.63) is 18.0 Å². The summed E-state index contributed by atoms with van der Waals surface area (Å²) in [5, 5.41) is 0. The van der Waals surface area contributed by atoms with Crippen LogP contribution in [0.1, 0.15) is 39.3 Å². The zero-order chi connectivity index (χ0) is 11.8. The zero-order valence-corrected chi connectivity index (χ0v) is 10.4. The highest BCUT2D eigenvalue weighted by Crippen LogP contribution is 2.30. The molecule has 0 aliphatic heterocycles. The fourth-order valence-corrected chi connectivity index (χ4v) is 1.37. The standard InChI is InChI=1S/C13H19NO2/c1-9-12(16-13(2,3)4)7-11(8-14-9)15-10-5-6-10/h7-8,10H,5-6H2,1-4H3. The van der Waals surface area contributed by atoms with Crippen molar-refractivity contribution >= 4 is 0 Å². The van der Waals surface area contributed by atoms with Crippen molar-refractivity contribution in [2.75, 3.05) is 0 Å². The van der Waals surface area contributed by atoms with Gasteiger partial charge in [-0.05, 0) is 40.5 Å². The van der Waals surface area contributed by atoms with Crippen molar-refractivity contribution in [2.24, 2.45) is 0 Å². The predicted molar refractivity (Wildman–Crippen MR) is 63.0 cm³/mol. The van der Waals surface area contributed by atoms with E-state index in [-0.39, 0.29) is 5.60 Å². The number of hydrogen-bond donors (Lipinski definition) is 0. The summed E-state index contributed by atoms with van der Waals surface area (Å²) in [5.74, 6) is 1.62. The number of aryl methyl sites for hydroxylation is 1. The molecule has 3 nitrogen and oxygen atoms in total. The van der Waals surface area contributed by atoms with Gasteiger partial charge in [0.25, 0.3) is 0 Å². The third-order valence-electron chi connectivity index (χ3n) is 2.26. The number of rotatable bonds is 3. The van der Waals surface area contributed by atoms with Gasteiger partial charge in [-0.15, -0.1) is 0 Å². The van der Waals surface area contributed by atoms with Crippen LogP contribution in [0.15, 0.2) is 12.3 Å². The van der Waals surface area contributed by atoms with Gasteiger partial charge in [0, 0.05) is 6.07 Å². The van der Waals surface area contributed by atoms with E-state index in [1.165, 1.54) is 0 Å².